The number of nitrogens with two attached hydrogens (primary N) is 2. The van der Waals surface area contributed by atoms with E-state index >= 15 is 0 Å². The van der Waals surface area contributed by atoms with Gasteiger partial charge in [-0.3, -0.25) is 9.78 Å². The van der Waals surface area contributed by atoms with E-state index in [4.69, 9.17) is 11.5 Å². The lowest BCUT2D eigenvalue weighted by Crippen LogP contribution is -2.42. The topological polar surface area (TPSA) is 119 Å². The Bertz CT molecular complexity index is 843. The predicted molar refractivity (Wildman–Crippen MR) is 98.6 cm³/mol. The molecule has 27 heavy (non-hydrogen) atoms. The largest absolute Gasteiger partial charge is 0.365 e. The van der Waals surface area contributed by atoms with Gasteiger partial charge in [-0.05, 0) is 31.2 Å². The summed E-state index contributed by atoms with van der Waals surface area (Å²) in [6, 6.07) is 1.91. The van der Waals surface area contributed by atoms with Crippen molar-refractivity contribution in [3.05, 3.63) is 41.7 Å². The molecule has 0 spiro atoms. The predicted octanol–water partition coefficient (Wildman–Crippen LogP) is 2.53. The summed E-state index contributed by atoms with van der Waals surface area (Å²) in [6.07, 6.45) is 5.16. The number of anilines is 3. The molecule has 0 bridgehead atoms. The molecule has 144 valence electrons. The number of halogens is 2. The van der Waals surface area contributed by atoms with Crippen molar-refractivity contribution in [1.29, 1.82) is 0 Å². The SMILES string of the molecule is CC[C@H](N)[C@H](Nc1nc(Nc2cncc(F)c2)c(C(N)=O)cc1F)C1CC1. The van der Waals surface area contributed by atoms with Gasteiger partial charge in [-0.25, -0.2) is 13.8 Å². The van der Waals surface area contributed by atoms with Crippen LogP contribution in [0.15, 0.2) is 24.5 Å². The van der Waals surface area contributed by atoms with Crippen LogP contribution in [0, 0.1) is 17.6 Å². The highest BCUT2D eigenvalue weighted by Gasteiger charge is 2.35. The number of pyridine rings is 2. The first kappa shape index (κ1) is 19.0. The van der Waals surface area contributed by atoms with Gasteiger partial charge in [-0.15, -0.1) is 0 Å². The van der Waals surface area contributed by atoms with E-state index in [0.717, 1.165) is 31.5 Å². The Balaban J connectivity index is 1.94. The number of amides is 1. The van der Waals surface area contributed by atoms with Crippen LogP contribution in [-0.2, 0) is 0 Å². The first-order valence-electron chi connectivity index (χ1n) is 8.79. The van der Waals surface area contributed by atoms with Crippen LogP contribution in [0.3, 0.4) is 0 Å². The molecular formula is C18H22F2N6O. The van der Waals surface area contributed by atoms with Crippen molar-refractivity contribution in [3.63, 3.8) is 0 Å². The number of aromatic nitrogens is 2. The molecule has 2 aromatic heterocycles. The summed E-state index contributed by atoms with van der Waals surface area (Å²) in [5, 5.41) is 5.84. The summed E-state index contributed by atoms with van der Waals surface area (Å²) in [7, 11) is 0. The van der Waals surface area contributed by atoms with E-state index in [1.807, 2.05) is 6.92 Å². The Labute approximate surface area is 155 Å². The molecule has 2 aromatic rings. The maximum Gasteiger partial charge on any atom is 0.252 e. The van der Waals surface area contributed by atoms with E-state index in [9.17, 15) is 13.6 Å². The molecule has 1 aliphatic rings. The zero-order valence-corrected chi connectivity index (χ0v) is 14.9. The minimum absolute atomic E-state index is 0.0124. The number of primary amides is 1. The molecule has 0 saturated heterocycles. The minimum atomic E-state index is -0.858. The Morgan fingerprint density at radius 1 is 1.30 bits per heavy atom. The van der Waals surface area contributed by atoms with Gasteiger partial charge in [0.05, 0.1) is 23.6 Å². The summed E-state index contributed by atoms with van der Waals surface area (Å²) in [5.74, 6) is -1.79. The van der Waals surface area contributed by atoms with Crippen LogP contribution >= 0.6 is 0 Å². The van der Waals surface area contributed by atoms with Crippen LogP contribution in [0.4, 0.5) is 26.1 Å². The fraction of sp³-hybridized carbons (Fsp3) is 0.389. The number of carbonyl (C=O) groups excluding carboxylic acids is 1. The molecule has 7 nitrogen and oxygen atoms in total. The fourth-order valence-corrected chi connectivity index (χ4v) is 2.93. The standard InChI is InChI=1S/C18H22F2N6O/c1-2-14(21)15(9-3-4-9)25-18-13(20)6-12(16(22)27)17(26-18)24-11-5-10(19)7-23-8-11/h5-9,14-15H,2-4,21H2,1H3,(H2,22,27)(H2,24,25,26)/t14-,15+/m0/s1. The van der Waals surface area contributed by atoms with Gasteiger partial charge in [0.15, 0.2) is 11.6 Å². The lowest BCUT2D eigenvalue weighted by Gasteiger charge is -2.25. The number of hydrogen-bond acceptors (Lipinski definition) is 6. The lowest BCUT2D eigenvalue weighted by atomic mass is 10.0. The average Bonchev–Trinajstić information content (AvgIpc) is 3.45. The van der Waals surface area contributed by atoms with Crippen LogP contribution < -0.4 is 22.1 Å². The zero-order valence-electron chi connectivity index (χ0n) is 14.9. The number of nitrogens with zero attached hydrogens (tertiary/aromatic N) is 2. The van der Waals surface area contributed by atoms with Crippen molar-refractivity contribution in [2.24, 2.45) is 17.4 Å². The molecule has 1 saturated carbocycles. The van der Waals surface area contributed by atoms with Crippen LogP contribution in [0.25, 0.3) is 0 Å². The summed E-state index contributed by atoms with van der Waals surface area (Å²) >= 11 is 0. The molecule has 0 radical (unpaired) electrons. The maximum absolute atomic E-state index is 14.5. The van der Waals surface area contributed by atoms with Gasteiger partial charge >= 0.3 is 0 Å². The molecule has 0 unspecified atom stereocenters. The third kappa shape index (κ3) is 4.48. The Morgan fingerprint density at radius 2 is 2.04 bits per heavy atom. The molecule has 0 aliphatic heterocycles. The second-order valence-corrected chi connectivity index (χ2v) is 6.68. The number of hydrogen-bond donors (Lipinski definition) is 4. The maximum atomic E-state index is 14.5. The van der Waals surface area contributed by atoms with E-state index in [2.05, 4.69) is 20.6 Å². The van der Waals surface area contributed by atoms with E-state index in [-0.39, 0.29) is 35.0 Å². The van der Waals surface area contributed by atoms with Crippen molar-refractivity contribution >= 4 is 23.2 Å². The first-order chi connectivity index (χ1) is 12.9. The second kappa shape index (κ2) is 7.83. The average molecular weight is 376 g/mol. The number of rotatable bonds is 8. The van der Waals surface area contributed by atoms with Gasteiger partial charge in [0.25, 0.3) is 5.91 Å². The summed E-state index contributed by atoms with van der Waals surface area (Å²) in [6.45, 7) is 1.96. The summed E-state index contributed by atoms with van der Waals surface area (Å²) in [4.78, 5) is 19.6. The van der Waals surface area contributed by atoms with E-state index in [1.165, 1.54) is 12.3 Å². The van der Waals surface area contributed by atoms with Crippen LogP contribution in [-0.4, -0.2) is 28.0 Å². The Hall–Kier alpha value is -2.81. The third-order valence-electron chi connectivity index (χ3n) is 4.58. The fourth-order valence-electron chi connectivity index (χ4n) is 2.93. The highest BCUT2D eigenvalue weighted by molar-refractivity contribution is 5.98. The van der Waals surface area contributed by atoms with Gasteiger partial charge < -0.3 is 22.1 Å². The Kier molecular flexibility index (Phi) is 5.50. The molecule has 0 aromatic carbocycles. The van der Waals surface area contributed by atoms with Crippen molar-refractivity contribution in [1.82, 2.24) is 9.97 Å². The molecule has 2 heterocycles. The van der Waals surface area contributed by atoms with Gasteiger partial charge in [-0.2, -0.15) is 0 Å². The van der Waals surface area contributed by atoms with E-state index in [0.29, 0.717) is 5.92 Å². The smallest absolute Gasteiger partial charge is 0.252 e. The van der Waals surface area contributed by atoms with E-state index in [1.54, 1.807) is 0 Å². The normalized spacial score (nSPS) is 15.9. The minimum Gasteiger partial charge on any atom is -0.365 e. The van der Waals surface area contributed by atoms with Crippen LogP contribution in [0.2, 0.25) is 0 Å². The molecule has 1 amide bonds. The lowest BCUT2D eigenvalue weighted by molar-refractivity contribution is 0.100. The molecule has 9 heteroatoms. The van der Waals surface area contributed by atoms with Crippen molar-refractivity contribution in [2.45, 2.75) is 38.3 Å². The number of nitrogens with one attached hydrogen (secondary N) is 2. The highest BCUT2D eigenvalue weighted by atomic mass is 19.1. The zero-order chi connectivity index (χ0) is 19.6. The molecular weight excluding hydrogens is 354 g/mol. The van der Waals surface area contributed by atoms with Crippen molar-refractivity contribution in [3.8, 4) is 0 Å². The van der Waals surface area contributed by atoms with Gasteiger partial charge in [-0.1, -0.05) is 6.92 Å². The monoisotopic (exact) mass is 376 g/mol. The van der Waals surface area contributed by atoms with Crippen LogP contribution in [0.5, 0.6) is 0 Å². The summed E-state index contributed by atoms with van der Waals surface area (Å²) in [5.41, 5.74) is 11.6. The molecule has 2 atom stereocenters. The second-order valence-electron chi connectivity index (χ2n) is 6.68. The van der Waals surface area contributed by atoms with Crippen molar-refractivity contribution < 1.29 is 13.6 Å². The highest BCUT2D eigenvalue weighted by Crippen LogP contribution is 2.36. The van der Waals surface area contributed by atoms with Gasteiger partial charge in [0, 0.05) is 18.2 Å². The quantitative estimate of drug-likeness (QED) is 0.562. The third-order valence-corrected chi connectivity index (χ3v) is 4.58. The summed E-state index contributed by atoms with van der Waals surface area (Å²) < 4.78 is 27.9. The first-order valence-corrected chi connectivity index (χ1v) is 8.79. The molecule has 1 fully saturated rings. The molecule has 6 N–H and O–H groups in total. The van der Waals surface area contributed by atoms with Crippen LogP contribution in [0.1, 0.15) is 36.5 Å². The van der Waals surface area contributed by atoms with Gasteiger partial charge in [0.1, 0.15) is 11.6 Å². The molecule has 1 aliphatic carbocycles. The van der Waals surface area contributed by atoms with E-state index < -0.39 is 17.5 Å². The van der Waals surface area contributed by atoms with Gasteiger partial charge in [0.2, 0.25) is 0 Å². The Morgan fingerprint density at radius 3 is 2.63 bits per heavy atom. The number of carbonyl (C=O) groups is 1. The molecule has 3 rings (SSSR count). The van der Waals surface area contributed by atoms with Crippen molar-refractivity contribution in [2.75, 3.05) is 10.6 Å².